The third-order valence-electron chi connectivity index (χ3n) is 3.18. The topological polar surface area (TPSA) is 28.2 Å². The summed E-state index contributed by atoms with van der Waals surface area (Å²) in [4.78, 5) is 8.83. The predicted octanol–water partition coefficient (Wildman–Crippen LogP) is 2.66. The second-order valence-electron chi connectivity index (χ2n) is 5.53. The summed E-state index contributed by atoms with van der Waals surface area (Å²) in [5.41, 5.74) is 1.35. The Kier molecular flexibility index (Phi) is 5.15. The van der Waals surface area contributed by atoms with E-state index in [0.29, 0.717) is 0 Å². The van der Waals surface area contributed by atoms with Crippen LogP contribution in [0.4, 0.5) is 0 Å². The first-order valence-electron chi connectivity index (χ1n) is 7.09. The first-order chi connectivity index (χ1) is 8.69. The highest BCUT2D eigenvalue weighted by atomic mass is 32.1. The molecule has 0 amide bonds. The third kappa shape index (κ3) is 3.77. The maximum absolute atomic E-state index is 4.77. The van der Waals surface area contributed by atoms with E-state index in [9.17, 15) is 0 Å². The van der Waals surface area contributed by atoms with Crippen molar-refractivity contribution in [2.75, 3.05) is 19.6 Å². The number of nitrogens with one attached hydrogen (secondary N) is 1. The standard InChI is InChI=1S/C14H25N3S/c1-4-6-15-8-14-16-12-5-7-17(9-11(2)3)10-13(12)18-14/h11,15H,4-10H2,1-3H3. The van der Waals surface area contributed by atoms with Crippen LogP contribution in [0.5, 0.6) is 0 Å². The molecule has 0 fully saturated rings. The first-order valence-corrected chi connectivity index (χ1v) is 7.91. The molecular formula is C14H25N3S. The number of hydrogen-bond acceptors (Lipinski definition) is 4. The van der Waals surface area contributed by atoms with Crippen LogP contribution in [0.2, 0.25) is 0 Å². The van der Waals surface area contributed by atoms with Gasteiger partial charge in [-0.3, -0.25) is 4.90 Å². The lowest BCUT2D eigenvalue weighted by molar-refractivity contribution is 0.228. The van der Waals surface area contributed by atoms with Gasteiger partial charge in [-0.15, -0.1) is 11.3 Å². The summed E-state index contributed by atoms with van der Waals surface area (Å²) >= 11 is 1.90. The van der Waals surface area contributed by atoms with Gasteiger partial charge in [0.05, 0.1) is 5.69 Å². The highest BCUT2D eigenvalue weighted by Gasteiger charge is 2.20. The molecule has 0 atom stereocenters. The molecule has 0 spiro atoms. The van der Waals surface area contributed by atoms with Crippen LogP contribution in [0, 0.1) is 5.92 Å². The number of rotatable bonds is 6. The minimum absolute atomic E-state index is 0.755. The van der Waals surface area contributed by atoms with Gasteiger partial charge in [0.15, 0.2) is 0 Å². The monoisotopic (exact) mass is 267 g/mol. The quantitative estimate of drug-likeness (QED) is 0.803. The Morgan fingerprint density at radius 3 is 3.00 bits per heavy atom. The lowest BCUT2D eigenvalue weighted by Gasteiger charge is -2.27. The molecule has 0 saturated carbocycles. The maximum Gasteiger partial charge on any atom is 0.107 e. The molecule has 0 bridgehead atoms. The molecule has 4 heteroatoms. The molecule has 18 heavy (non-hydrogen) atoms. The zero-order valence-corrected chi connectivity index (χ0v) is 12.6. The van der Waals surface area contributed by atoms with Crippen molar-refractivity contribution < 1.29 is 0 Å². The zero-order valence-electron chi connectivity index (χ0n) is 11.8. The normalized spacial score (nSPS) is 16.2. The minimum atomic E-state index is 0.755. The van der Waals surface area contributed by atoms with Gasteiger partial charge >= 0.3 is 0 Å². The fourth-order valence-electron chi connectivity index (χ4n) is 2.42. The molecule has 2 heterocycles. The van der Waals surface area contributed by atoms with E-state index in [1.54, 1.807) is 0 Å². The van der Waals surface area contributed by atoms with Crippen LogP contribution < -0.4 is 5.32 Å². The highest BCUT2D eigenvalue weighted by molar-refractivity contribution is 7.11. The van der Waals surface area contributed by atoms with Crippen molar-refractivity contribution in [2.24, 2.45) is 5.92 Å². The molecule has 102 valence electrons. The van der Waals surface area contributed by atoms with Crippen molar-refractivity contribution in [3.8, 4) is 0 Å². The van der Waals surface area contributed by atoms with E-state index in [1.807, 2.05) is 11.3 Å². The zero-order chi connectivity index (χ0) is 13.0. The SMILES string of the molecule is CCCNCc1nc2c(s1)CN(CC(C)C)CC2. The number of nitrogens with zero attached hydrogens (tertiary/aromatic N) is 2. The van der Waals surface area contributed by atoms with E-state index >= 15 is 0 Å². The Balaban J connectivity index is 1.91. The van der Waals surface area contributed by atoms with E-state index in [2.05, 4.69) is 31.0 Å². The Bertz CT molecular complexity index is 373. The molecule has 1 aliphatic heterocycles. The van der Waals surface area contributed by atoms with Crippen LogP contribution in [0.25, 0.3) is 0 Å². The summed E-state index contributed by atoms with van der Waals surface area (Å²) in [6.45, 7) is 12.3. The van der Waals surface area contributed by atoms with Crippen molar-refractivity contribution >= 4 is 11.3 Å². The average molecular weight is 267 g/mol. The van der Waals surface area contributed by atoms with Crippen molar-refractivity contribution in [2.45, 2.75) is 46.7 Å². The Labute approximate surface area is 115 Å². The Morgan fingerprint density at radius 2 is 2.28 bits per heavy atom. The summed E-state index contributed by atoms with van der Waals surface area (Å²) in [6.07, 6.45) is 2.32. The van der Waals surface area contributed by atoms with Crippen LogP contribution in [0.3, 0.4) is 0 Å². The fraction of sp³-hybridized carbons (Fsp3) is 0.786. The summed E-state index contributed by atoms with van der Waals surface area (Å²) in [5.74, 6) is 0.755. The van der Waals surface area contributed by atoms with Crippen molar-refractivity contribution in [1.29, 1.82) is 0 Å². The molecule has 1 aliphatic rings. The van der Waals surface area contributed by atoms with Crippen LogP contribution in [0.15, 0.2) is 0 Å². The Hall–Kier alpha value is -0.450. The van der Waals surface area contributed by atoms with Gasteiger partial charge in [0, 0.05) is 37.5 Å². The van der Waals surface area contributed by atoms with Gasteiger partial charge in [-0.1, -0.05) is 20.8 Å². The van der Waals surface area contributed by atoms with Gasteiger partial charge in [0.2, 0.25) is 0 Å². The molecule has 2 rings (SSSR count). The molecule has 1 aromatic rings. The smallest absolute Gasteiger partial charge is 0.107 e. The molecule has 0 unspecified atom stereocenters. The van der Waals surface area contributed by atoms with Gasteiger partial charge in [0.1, 0.15) is 5.01 Å². The van der Waals surface area contributed by atoms with Gasteiger partial charge in [-0.25, -0.2) is 4.98 Å². The minimum Gasteiger partial charge on any atom is -0.310 e. The van der Waals surface area contributed by atoms with E-state index in [1.165, 1.54) is 35.1 Å². The van der Waals surface area contributed by atoms with Gasteiger partial charge in [0.25, 0.3) is 0 Å². The largest absolute Gasteiger partial charge is 0.310 e. The summed E-state index contributed by atoms with van der Waals surface area (Å²) in [6, 6.07) is 0. The summed E-state index contributed by atoms with van der Waals surface area (Å²) in [7, 11) is 0. The molecule has 1 aromatic heterocycles. The number of aromatic nitrogens is 1. The van der Waals surface area contributed by atoms with Crippen molar-refractivity contribution in [3.63, 3.8) is 0 Å². The van der Waals surface area contributed by atoms with Crippen LogP contribution in [0.1, 0.15) is 42.8 Å². The molecule has 3 nitrogen and oxygen atoms in total. The lowest BCUT2D eigenvalue weighted by atomic mass is 10.1. The second-order valence-corrected chi connectivity index (χ2v) is 6.70. The number of hydrogen-bond donors (Lipinski definition) is 1. The van der Waals surface area contributed by atoms with E-state index in [0.717, 1.165) is 32.0 Å². The molecule has 0 aliphatic carbocycles. The van der Waals surface area contributed by atoms with Gasteiger partial charge < -0.3 is 5.32 Å². The summed E-state index contributed by atoms with van der Waals surface area (Å²) in [5, 5.41) is 4.70. The van der Waals surface area contributed by atoms with Gasteiger partial charge in [-0.2, -0.15) is 0 Å². The predicted molar refractivity (Wildman–Crippen MR) is 77.9 cm³/mol. The van der Waals surface area contributed by atoms with E-state index in [-0.39, 0.29) is 0 Å². The van der Waals surface area contributed by atoms with E-state index in [4.69, 9.17) is 4.98 Å². The molecular weight excluding hydrogens is 242 g/mol. The average Bonchev–Trinajstić information content (AvgIpc) is 2.70. The maximum atomic E-state index is 4.77. The second kappa shape index (κ2) is 6.64. The first kappa shape index (κ1) is 14.0. The van der Waals surface area contributed by atoms with Crippen LogP contribution in [-0.4, -0.2) is 29.5 Å². The number of fused-ring (bicyclic) bond motifs is 1. The van der Waals surface area contributed by atoms with E-state index < -0.39 is 0 Å². The third-order valence-corrected chi connectivity index (χ3v) is 4.26. The van der Waals surface area contributed by atoms with Crippen LogP contribution in [-0.2, 0) is 19.5 Å². The molecule has 0 saturated heterocycles. The molecule has 0 aromatic carbocycles. The number of thiazole rings is 1. The van der Waals surface area contributed by atoms with Crippen molar-refractivity contribution in [1.82, 2.24) is 15.2 Å². The molecule has 0 radical (unpaired) electrons. The van der Waals surface area contributed by atoms with Gasteiger partial charge in [-0.05, 0) is 18.9 Å². The lowest BCUT2D eigenvalue weighted by Crippen LogP contribution is -2.32. The fourth-order valence-corrected chi connectivity index (χ4v) is 3.55. The Morgan fingerprint density at radius 1 is 1.44 bits per heavy atom. The summed E-state index contributed by atoms with van der Waals surface area (Å²) < 4.78 is 0. The molecule has 1 N–H and O–H groups in total. The van der Waals surface area contributed by atoms with Crippen molar-refractivity contribution in [3.05, 3.63) is 15.6 Å². The van der Waals surface area contributed by atoms with Crippen LogP contribution >= 0.6 is 11.3 Å². The highest BCUT2D eigenvalue weighted by Crippen LogP contribution is 2.25.